The Balaban J connectivity index is 1.47. The number of rotatable bonds is 6. The summed E-state index contributed by atoms with van der Waals surface area (Å²) in [5, 5.41) is 5.90. The molecule has 6 heteroatoms. The molecule has 1 saturated heterocycles. The average molecular weight is 342 g/mol. The Morgan fingerprint density at radius 3 is 3.04 bits per heavy atom. The minimum absolute atomic E-state index is 0.137. The number of nitrogens with one attached hydrogen (secondary N) is 2. The number of hydrogen-bond acceptors (Lipinski definition) is 3. The fraction of sp³-hybridized carbons (Fsp3) is 0.474. The summed E-state index contributed by atoms with van der Waals surface area (Å²) >= 11 is 0. The smallest absolute Gasteiger partial charge is 0.315 e. The van der Waals surface area contributed by atoms with Gasteiger partial charge in [0.2, 0.25) is 0 Å². The molecule has 1 aromatic heterocycles. The van der Waals surface area contributed by atoms with Gasteiger partial charge in [-0.25, -0.2) is 9.78 Å². The summed E-state index contributed by atoms with van der Waals surface area (Å²) in [5.41, 5.74) is 2.07. The molecule has 0 radical (unpaired) electrons. The van der Waals surface area contributed by atoms with Crippen molar-refractivity contribution in [2.75, 3.05) is 13.2 Å². The Hall–Kier alpha value is -2.34. The number of aromatic nitrogens is 2. The third kappa shape index (κ3) is 4.60. The van der Waals surface area contributed by atoms with Gasteiger partial charge in [0.05, 0.1) is 12.4 Å². The molecule has 6 nitrogen and oxygen atoms in total. The van der Waals surface area contributed by atoms with E-state index >= 15 is 0 Å². The van der Waals surface area contributed by atoms with E-state index < -0.39 is 0 Å². The number of amides is 2. The molecule has 2 aromatic rings. The lowest BCUT2D eigenvalue weighted by Gasteiger charge is -2.22. The van der Waals surface area contributed by atoms with Crippen molar-refractivity contribution in [1.82, 2.24) is 20.2 Å². The zero-order valence-corrected chi connectivity index (χ0v) is 14.8. The molecule has 25 heavy (non-hydrogen) atoms. The minimum Gasteiger partial charge on any atom is -0.378 e. The molecule has 2 atom stereocenters. The quantitative estimate of drug-likeness (QED) is 0.848. The first-order valence-electron chi connectivity index (χ1n) is 8.84. The van der Waals surface area contributed by atoms with E-state index in [4.69, 9.17) is 4.74 Å². The molecule has 3 rings (SSSR count). The standard InChI is InChI=1S/C19H26N4O2/c1-14(2)18-16(6-9-25-18)12-22-19(24)21-11-15-4-3-5-17(10-15)23-8-7-20-13-23/h3-5,7-8,10,13-14,16,18H,6,9,11-12H2,1-2H3,(H2,21,22,24)/t16-,18+/m1/s1. The monoisotopic (exact) mass is 342 g/mol. The number of nitrogens with zero attached hydrogens (tertiary/aromatic N) is 2. The Labute approximate surface area is 148 Å². The lowest BCUT2D eigenvalue weighted by atomic mass is 9.93. The van der Waals surface area contributed by atoms with Crippen LogP contribution < -0.4 is 10.6 Å². The fourth-order valence-electron chi connectivity index (χ4n) is 3.32. The summed E-state index contributed by atoms with van der Waals surface area (Å²) in [7, 11) is 0. The Bertz CT molecular complexity index is 684. The van der Waals surface area contributed by atoms with Crippen molar-refractivity contribution in [2.24, 2.45) is 11.8 Å². The van der Waals surface area contributed by atoms with Crippen LogP contribution in [-0.4, -0.2) is 34.8 Å². The topological polar surface area (TPSA) is 68.2 Å². The normalized spacial score (nSPS) is 20.0. The van der Waals surface area contributed by atoms with Gasteiger partial charge in [-0.1, -0.05) is 26.0 Å². The predicted octanol–water partition coefficient (Wildman–Crippen LogP) is 2.73. The lowest BCUT2D eigenvalue weighted by Crippen LogP contribution is -2.40. The second-order valence-electron chi connectivity index (χ2n) is 6.83. The van der Waals surface area contributed by atoms with Crippen molar-refractivity contribution in [1.29, 1.82) is 0 Å². The first-order chi connectivity index (χ1) is 12.1. The SMILES string of the molecule is CC(C)[C@@H]1OCC[C@@H]1CNC(=O)NCc1cccc(-n2ccnc2)c1. The van der Waals surface area contributed by atoms with Crippen molar-refractivity contribution >= 4 is 6.03 Å². The highest BCUT2D eigenvalue weighted by Crippen LogP contribution is 2.26. The minimum atomic E-state index is -0.137. The highest BCUT2D eigenvalue weighted by Gasteiger charge is 2.30. The summed E-state index contributed by atoms with van der Waals surface area (Å²) in [6.45, 7) is 6.26. The number of carbonyl (C=O) groups is 1. The second kappa shape index (κ2) is 8.16. The number of hydrogen-bond donors (Lipinski definition) is 2. The van der Waals surface area contributed by atoms with Crippen LogP contribution in [0, 0.1) is 11.8 Å². The summed E-state index contributed by atoms with van der Waals surface area (Å²) in [4.78, 5) is 16.1. The van der Waals surface area contributed by atoms with Gasteiger partial charge in [-0.15, -0.1) is 0 Å². The van der Waals surface area contributed by atoms with Gasteiger partial charge >= 0.3 is 6.03 Å². The third-order valence-corrected chi connectivity index (χ3v) is 4.61. The molecular weight excluding hydrogens is 316 g/mol. The molecule has 2 N–H and O–H groups in total. The molecule has 0 spiro atoms. The van der Waals surface area contributed by atoms with E-state index in [1.807, 2.05) is 35.0 Å². The van der Waals surface area contributed by atoms with Crippen LogP contribution in [0.3, 0.4) is 0 Å². The van der Waals surface area contributed by atoms with Gasteiger partial charge < -0.3 is 19.9 Å². The zero-order valence-electron chi connectivity index (χ0n) is 14.8. The number of imidazole rings is 1. The molecule has 0 saturated carbocycles. The molecule has 2 amide bonds. The van der Waals surface area contributed by atoms with Gasteiger partial charge in [0.1, 0.15) is 0 Å². The predicted molar refractivity (Wildman–Crippen MR) is 96.5 cm³/mol. The van der Waals surface area contributed by atoms with Crippen LogP contribution in [0.5, 0.6) is 0 Å². The first-order valence-corrected chi connectivity index (χ1v) is 8.84. The maximum absolute atomic E-state index is 12.1. The first kappa shape index (κ1) is 17.5. The molecule has 1 fully saturated rings. The molecular formula is C19H26N4O2. The number of benzene rings is 1. The largest absolute Gasteiger partial charge is 0.378 e. The fourth-order valence-corrected chi connectivity index (χ4v) is 3.32. The second-order valence-corrected chi connectivity index (χ2v) is 6.83. The lowest BCUT2D eigenvalue weighted by molar-refractivity contribution is 0.0545. The number of ether oxygens (including phenoxy) is 1. The van der Waals surface area contributed by atoms with Crippen LogP contribution in [0.2, 0.25) is 0 Å². The third-order valence-electron chi connectivity index (χ3n) is 4.61. The van der Waals surface area contributed by atoms with Crippen LogP contribution >= 0.6 is 0 Å². The molecule has 2 heterocycles. The van der Waals surface area contributed by atoms with Gasteiger partial charge in [-0.05, 0) is 30.0 Å². The van der Waals surface area contributed by atoms with E-state index in [9.17, 15) is 4.79 Å². The van der Waals surface area contributed by atoms with Gasteiger partial charge in [-0.2, -0.15) is 0 Å². The van der Waals surface area contributed by atoms with Gasteiger partial charge in [0, 0.05) is 43.7 Å². The molecule has 134 valence electrons. The molecule has 0 unspecified atom stereocenters. The van der Waals surface area contributed by atoms with E-state index in [2.05, 4.69) is 29.5 Å². The van der Waals surface area contributed by atoms with Crippen LogP contribution in [0.4, 0.5) is 4.79 Å². The Morgan fingerprint density at radius 1 is 1.40 bits per heavy atom. The van der Waals surface area contributed by atoms with Crippen LogP contribution in [0.1, 0.15) is 25.8 Å². The van der Waals surface area contributed by atoms with Crippen molar-refractivity contribution in [2.45, 2.75) is 32.9 Å². The van der Waals surface area contributed by atoms with E-state index in [0.717, 1.165) is 24.3 Å². The van der Waals surface area contributed by atoms with Crippen molar-refractivity contribution in [3.05, 3.63) is 48.5 Å². The number of carbonyl (C=O) groups excluding carboxylic acids is 1. The maximum Gasteiger partial charge on any atom is 0.315 e. The Kier molecular flexibility index (Phi) is 5.71. The molecule has 1 aliphatic heterocycles. The highest BCUT2D eigenvalue weighted by molar-refractivity contribution is 5.73. The molecule has 1 aromatic carbocycles. The van der Waals surface area contributed by atoms with E-state index in [1.165, 1.54) is 0 Å². The summed E-state index contributed by atoms with van der Waals surface area (Å²) < 4.78 is 7.70. The average Bonchev–Trinajstić information content (AvgIpc) is 3.29. The molecule has 0 aliphatic carbocycles. The summed E-state index contributed by atoms with van der Waals surface area (Å²) in [6, 6.07) is 7.90. The number of urea groups is 1. The van der Waals surface area contributed by atoms with Crippen LogP contribution in [0.15, 0.2) is 43.0 Å². The zero-order chi connectivity index (χ0) is 17.6. The van der Waals surface area contributed by atoms with E-state index in [1.54, 1.807) is 12.5 Å². The summed E-state index contributed by atoms with van der Waals surface area (Å²) in [5.74, 6) is 0.874. The summed E-state index contributed by atoms with van der Waals surface area (Å²) in [6.07, 6.45) is 6.65. The van der Waals surface area contributed by atoms with E-state index in [-0.39, 0.29) is 12.1 Å². The van der Waals surface area contributed by atoms with Crippen molar-refractivity contribution in [3.63, 3.8) is 0 Å². The Morgan fingerprint density at radius 2 is 2.28 bits per heavy atom. The van der Waals surface area contributed by atoms with Gasteiger partial charge in [-0.3, -0.25) is 0 Å². The van der Waals surface area contributed by atoms with Crippen molar-refractivity contribution in [3.8, 4) is 5.69 Å². The van der Waals surface area contributed by atoms with Gasteiger partial charge in [0.15, 0.2) is 0 Å². The highest BCUT2D eigenvalue weighted by atomic mass is 16.5. The van der Waals surface area contributed by atoms with Crippen LogP contribution in [-0.2, 0) is 11.3 Å². The van der Waals surface area contributed by atoms with Gasteiger partial charge in [0.25, 0.3) is 0 Å². The molecule has 1 aliphatic rings. The van der Waals surface area contributed by atoms with Crippen molar-refractivity contribution < 1.29 is 9.53 Å². The molecule has 0 bridgehead atoms. The van der Waals surface area contributed by atoms with Crippen LogP contribution in [0.25, 0.3) is 5.69 Å². The van der Waals surface area contributed by atoms with E-state index in [0.29, 0.717) is 24.9 Å². The maximum atomic E-state index is 12.1.